The summed E-state index contributed by atoms with van der Waals surface area (Å²) in [6.07, 6.45) is 8.23. The lowest BCUT2D eigenvalue weighted by Crippen LogP contribution is -2.28. The molecule has 2 amide bonds. The number of carbonyl (C=O) groups is 2. The van der Waals surface area contributed by atoms with Gasteiger partial charge >= 0.3 is 0 Å². The predicted molar refractivity (Wildman–Crippen MR) is 109 cm³/mol. The van der Waals surface area contributed by atoms with Crippen LogP contribution in [0.3, 0.4) is 0 Å². The Balaban J connectivity index is 1.57. The van der Waals surface area contributed by atoms with Gasteiger partial charge in [-0.15, -0.1) is 0 Å². The maximum Gasteiger partial charge on any atom is 0.254 e. The number of carbonyl (C=O) groups excluding carboxylic acids is 2. The van der Waals surface area contributed by atoms with Gasteiger partial charge in [-0.25, -0.2) is 0 Å². The van der Waals surface area contributed by atoms with Crippen molar-refractivity contribution in [1.82, 2.24) is 5.01 Å². The number of hydrazone groups is 1. The SMILES string of the molecule is C=CCOc1c(I)cc(C=NN2C(=O)[C@@H]3[C@H](C2=O)[C@H]2C=C[C@H]3C2)cc1OC. The molecule has 2 fully saturated rings. The molecule has 1 aliphatic heterocycles. The molecule has 1 saturated carbocycles. The molecule has 0 radical (unpaired) electrons. The number of hydrogen-bond acceptors (Lipinski definition) is 5. The van der Waals surface area contributed by atoms with E-state index in [1.807, 2.05) is 6.07 Å². The van der Waals surface area contributed by atoms with Gasteiger partial charge in [0, 0.05) is 0 Å². The van der Waals surface area contributed by atoms with E-state index in [9.17, 15) is 9.59 Å². The maximum atomic E-state index is 12.7. The Bertz CT molecular complexity index is 849. The molecule has 0 aromatic heterocycles. The van der Waals surface area contributed by atoms with Crippen molar-refractivity contribution in [2.45, 2.75) is 6.42 Å². The van der Waals surface area contributed by atoms with Gasteiger partial charge in [-0.3, -0.25) is 9.59 Å². The van der Waals surface area contributed by atoms with E-state index in [2.05, 4.69) is 46.4 Å². The summed E-state index contributed by atoms with van der Waals surface area (Å²) in [6, 6.07) is 3.63. The summed E-state index contributed by atoms with van der Waals surface area (Å²) < 4.78 is 11.9. The summed E-state index contributed by atoms with van der Waals surface area (Å²) in [5, 5.41) is 5.25. The molecule has 0 N–H and O–H groups in total. The number of hydrogen-bond donors (Lipinski definition) is 0. The van der Waals surface area contributed by atoms with Crippen LogP contribution in [0.5, 0.6) is 11.5 Å². The minimum atomic E-state index is -0.242. The lowest BCUT2D eigenvalue weighted by molar-refractivity contribution is -0.140. The van der Waals surface area contributed by atoms with E-state index in [1.165, 1.54) is 6.21 Å². The number of amides is 2. The van der Waals surface area contributed by atoms with Gasteiger partial charge in [-0.1, -0.05) is 24.8 Å². The van der Waals surface area contributed by atoms with Crippen LogP contribution in [0.4, 0.5) is 0 Å². The van der Waals surface area contributed by atoms with Crippen molar-refractivity contribution in [3.8, 4) is 11.5 Å². The first-order valence-electron chi connectivity index (χ1n) is 8.76. The average Bonchev–Trinajstić information content (AvgIpc) is 3.33. The second-order valence-electron chi connectivity index (χ2n) is 6.87. The third-order valence-corrected chi connectivity index (χ3v) is 6.17. The number of benzene rings is 1. The number of nitrogens with zero attached hydrogens (tertiary/aromatic N) is 2. The van der Waals surface area contributed by atoms with Gasteiger partial charge < -0.3 is 9.47 Å². The molecule has 2 aliphatic carbocycles. The summed E-state index contributed by atoms with van der Waals surface area (Å²) in [4.78, 5) is 25.3. The summed E-state index contributed by atoms with van der Waals surface area (Å²) in [5.41, 5.74) is 0.723. The van der Waals surface area contributed by atoms with Crippen LogP contribution in [0.1, 0.15) is 12.0 Å². The first-order valence-corrected chi connectivity index (χ1v) is 9.84. The van der Waals surface area contributed by atoms with Gasteiger partial charge in [0.15, 0.2) is 11.5 Å². The largest absolute Gasteiger partial charge is 0.493 e. The number of fused-ring (bicyclic) bond motifs is 5. The van der Waals surface area contributed by atoms with E-state index in [0.29, 0.717) is 18.1 Å². The number of halogens is 1. The van der Waals surface area contributed by atoms with Crippen molar-refractivity contribution in [2.24, 2.45) is 28.8 Å². The fourth-order valence-corrected chi connectivity index (χ4v) is 5.00. The van der Waals surface area contributed by atoms with Gasteiger partial charge in [-0.05, 0) is 58.5 Å². The summed E-state index contributed by atoms with van der Waals surface area (Å²) in [6.45, 7) is 4.01. The van der Waals surface area contributed by atoms with Gasteiger partial charge in [-0.2, -0.15) is 10.1 Å². The first-order chi connectivity index (χ1) is 13.0. The van der Waals surface area contributed by atoms with E-state index in [-0.39, 0.29) is 35.5 Å². The molecule has 4 rings (SSSR count). The molecule has 27 heavy (non-hydrogen) atoms. The smallest absolute Gasteiger partial charge is 0.254 e. The highest BCUT2D eigenvalue weighted by atomic mass is 127. The summed E-state index contributed by atoms with van der Waals surface area (Å²) in [5.74, 6) is 0.682. The number of imide groups is 1. The molecule has 1 aromatic rings. The molecule has 0 unspecified atom stereocenters. The predicted octanol–water partition coefficient (Wildman–Crippen LogP) is 3.01. The molecule has 4 atom stereocenters. The lowest BCUT2D eigenvalue weighted by Gasteiger charge is -2.13. The van der Waals surface area contributed by atoms with E-state index >= 15 is 0 Å². The molecule has 2 bridgehead atoms. The zero-order valence-corrected chi connectivity index (χ0v) is 17.0. The third-order valence-electron chi connectivity index (χ3n) is 5.37. The van der Waals surface area contributed by atoms with Crippen LogP contribution in [0.25, 0.3) is 0 Å². The maximum absolute atomic E-state index is 12.7. The highest BCUT2D eigenvalue weighted by Gasteiger charge is 2.59. The van der Waals surface area contributed by atoms with Crippen LogP contribution in [0.15, 0.2) is 42.0 Å². The van der Waals surface area contributed by atoms with Crippen LogP contribution in [-0.2, 0) is 9.59 Å². The van der Waals surface area contributed by atoms with Crippen molar-refractivity contribution in [3.05, 3.63) is 46.1 Å². The molecular weight excluding hydrogens is 459 g/mol. The molecule has 1 aromatic carbocycles. The number of allylic oxidation sites excluding steroid dienone is 2. The Hall–Kier alpha value is -2.16. The van der Waals surface area contributed by atoms with Crippen LogP contribution in [-0.4, -0.2) is 36.8 Å². The van der Waals surface area contributed by atoms with Crippen LogP contribution >= 0.6 is 22.6 Å². The van der Waals surface area contributed by atoms with Gasteiger partial charge in [0.2, 0.25) is 0 Å². The van der Waals surface area contributed by atoms with Gasteiger partial charge in [0.1, 0.15) is 6.61 Å². The Morgan fingerprint density at radius 1 is 1.26 bits per heavy atom. The van der Waals surface area contributed by atoms with E-state index in [0.717, 1.165) is 20.6 Å². The molecule has 140 valence electrons. The molecule has 1 saturated heterocycles. The minimum absolute atomic E-state index is 0.180. The van der Waals surface area contributed by atoms with E-state index in [1.54, 1.807) is 19.3 Å². The fourth-order valence-electron chi connectivity index (χ4n) is 4.22. The van der Waals surface area contributed by atoms with Crippen LogP contribution in [0, 0.1) is 27.2 Å². The quantitative estimate of drug-likeness (QED) is 0.273. The molecule has 6 nitrogen and oxygen atoms in total. The molecule has 7 heteroatoms. The normalized spacial score (nSPS) is 28.3. The summed E-state index contributed by atoms with van der Waals surface area (Å²) >= 11 is 2.15. The summed E-state index contributed by atoms with van der Waals surface area (Å²) in [7, 11) is 1.56. The van der Waals surface area contributed by atoms with Crippen molar-refractivity contribution in [1.29, 1.82) is 0 Å². The molecular formula is C20H19IN2O4. The topological polar surface area (TPSA) is 68.2 Å². The van der Waals surface area contributed by atoms with Crippen molar-refractivity contribution in [2.75, 3.05) is 13.7 Å². The number of methoxy groups -OCH3 is 1. The molecule has 3 aliphatic rings. The lowest BCUT2D eigenvalue weighted by atomic mass is 9.85. The first kappa shape index (κ1) is 18.2. The zero-order chi connectivity index (χ0) is 19.1. The standard InChI is InChI=1S/C20H19IN2O4/c1-3-6-27-18-14(21)7-11(8-15(18)26-2)10-22-23-19(24)16-12-4-5-13(9-12)17(16)20(23)25/h3-5,7-8,10,12-13,16-17H,1,6,9H2,2H3/t12-,13-,16-,17+/m0/s1. The average molecular weight is 478 g/mol. The Kier molecular flexibility index (Phi) is 4.79. The van der Waals surface area contributed by atoms with E-state index in [4.69, 9.17) is 9.47 Å². The fraction of sp³-hybridized carbons (Fsp3) is 0.350. The third kappa shape index (κ3) is 2.97. The number of rotatable bonds is 6. The number of ether oxygens (including phenoxy) is 2. The van der Waals surface area contributed by atoms with Gasteiger partial charge in [0.25, 0.3) is 11.8 Å². The second kappa shape index (κ2) is 7.10. The van der Waals surface area contributed by atoms with Crippen molar-refractivity contribution >= 4 is 40.6 Å². The highest BCUT2D eigenvalue weighted by Crippen LogP contribution is 2.52. The molecule has 0 spiro atoms. The minimum Gasteiger partial charge on any atom is -0.493 e. The van der Waals surface area contributed by atoms with Crippen molar-refractivity contribution < 1.29 is 19.1 Å². The molecule has 1 heterocycles. The van der Waals surface area contributed by atoms with Gasteiger partial charge in [0.05, 0.1) is 28.7 Å². The van der Waals surface area contributed by atoms with E-state index < -0.39 is 0 Å². The Labute approximate surface area is 171 Å². The Morgan fingerprint density at radius 3 is 2.52 bits per heavy atom. The second-order valence-corrected chi connectivity index (χ2v) is 8.03. The monoisotopic (exact) mass is 478 g/mol. The Morgan fingerprint density at radius 2 is 1.93 bits per heavy atom. The van der Waals surface area contributed by atoms with Crippen LogP contribution < -0.4 is 9.47 Å². The zero-order valence-electron chi connectivity index (χ0n) is 14.8. The van der Waals surface area contributed by atoms with Crippen molar-refractivity contribution in [3.63, 3.8) is 0 Å². The highest BCUT2D eigenvalue weighted by molar-refractivity contribution is 14.1. The van der Waals surface area contributed by atoms with Crippen LogP contribution in [0.2, 0.25) is 0 Å².